The summed E-state index contributed by atoms with van der Waals surface area (Å²) in [6, 6.07) is 19.3. The van der Waals surface area contributed by atoms with E-state index in [4.69, 9.17) is 5.11 Å². The Balaban J connectivity index is 2.27. The van der Waals surface area contributed by atoms with E-state index in [9.17, 15) is 20.4 Å². The second-order valence-electron chi connectivity index (χ2n) is 5.99. The first kappa shape index (κ1) is 20.6. The molecule has 142 valence electrons. The van der Waals surface area contributed by atoms with Crippen LogP contribution in [0.15, 0.2) is 60.7 Å². The molecule has 2 rings (SSSR count). The Morgan fingerprint density at radius 2 is 1.12 bits per heavy atom. The molecule has 0 fully saturated rings. The van der Waals surface area contributed by atoms with E-state index in [0.29, 0.717) is 0 Å². The van der Waals surface area contributed by atoms with Crippen molar-refractivity contribution in [1.82, 2.24) is 0 Å². The second-order valence-corrected chi connectivity index (χ2v) is 7.74. The second kappa shape index (κ2) is 10.5. The van der Waals surface area contributed by atoms with Crippen molar-refractivity contribution < 1.29 is 25.5 Å². The Kier molecular flexibility index (Phi) is 8.31. The van der Waals surface area contributed by atoms with Crippen LogP contribution in [0.3, 0.4) is 0 Å². The number of hydrogen-bond acceptors (Lipinski definition) is 6. The van der Waals surface area contributed by atoms with Gasteiger partial charge in [-0.2, -0.15) is 10.7 Å². The summed E-state index contributed by atoms with van der Waals surface area (Å²) in [6.45, 7) is -0.692. The van der Waals surface area contributed by atoms with Crippen LogP contribution in [0.25, 0.3) is 0 Å². The lowest BCUT2D eigenvalue weighted by Gasteiger charge is -2.28. The zero-order valence-electron chi connectivity index (χ0n) is 14.3. The normalized spacial score (nSPS) is 17.6. The monoisotopic (exact) mass is 377 g/mol. The highest BCUT2D eigenvalue weighted by atomic mass is 32.2. The highest BCUT2D eigenvalue weighted by Crippen LogP contribution is 2.07. The maximum absolute atomic E-state index is 10.3. The molecule has 5 nitrogen and oxygen atoms in total. The lowest BCUT2D eigenvalue weighted by atomic mass is 10.0. The lowest BCUT2D eigenvalue weighted by Crippen LogP contribution is -2.47. The number of aliphatic hydroxyl groups excluding tert-OH is 5. The fraction of sp³-hybridized carbons (Fsp3) is 0.300. The highest BCUT2D eigenvalue weighted by Gasteiger charge is 2.28. The van der Waals surface area contributed by atoms with Crippen molar-refractivity contribution in [2.75, 3.05) is 12.4 Å². The van der Waals surface area contributed by atoms with Gasteiger partial charge >= 0.3 is 0 Å². The van der Waals surface area contributed by atoms with Gasteiger partial charge in [0.15, 0.2) is 0 Å². The molecule has 0 unspecified atom stereocenters. The molecule has 2 aromatic rings. The topological polar surface area (TPSA) is 101 Å². The van der Waals surface area contributed by atoms with Gasteiger partial charge in [0.2, 0.25) is 0 Å². The van der Waals surface area contributed by atoms with E-state index in [1.54, 1.807) is 0 Å². The van der Waals surface area contributed by atoms with Gasteiger partial charge in [-0.05, 0) is 0 Å². The molecule has 4 atom stereocenters. The largest absolute Gasteiger partial charge is 0.467 e. The Labute approximate surface area is 155 Å². The van der Waals surface area contributed by atoms with Gasteiger partial charge in [0.1, 0.15) is 18.3 Å². The van der Waals surface area contributed by atoms with Gasteiger partial charge in [-0.15, -0.1) is 5.75 Å². The Morgan fingerprint density at radius 3 is 1.54 bits per heavy atom. The van der Waals surface area contributed by atoms with Crippen LogP contribution in [0.4, 0.5) is 0 Å². The molecule has 0 aliphatic carbocycles. The van der Waals surface area contributed by atoms with Gasteiger partial charge in [0.25, 0.3) is 0 Å². The van der Waals surface area contributed by atoms with E-state index in [-0.39, 0.29) is 5.75 Å². The van der Waals surface area contributed by atoms with E-state index in [1.807, 2.05) is 71.4 Å². The Morgan fingerprint density at radius 1 is 0.692 bits per heavy atom. The van der Waals surface area contributed by atoms with Crippen molar-refractivity contribution in [2.24, 2.45) is 0 Å². The van der Waals surface area contributed by atoms with Gasteiger partial charge < -0.3 is 35.6 Å². The molecule has 0 saturated carbocycles. The van der Waals surface area contributed by atoms with Crippen molar-refractivity contribution in [1.29, 1.82) is 0 Å². The fourth-order valence-corrected chi connectivity index (χ4v) is 4.27. The van der Waals surface area contributed by atoms with Crippen LogP contribution in [0, 0.1) is 0 Å². The van der Waals surface area contributed by atoms with Crippen molar-refractivity contribution >= 4 is 20.8 Å². The average Bonchev–Trinajstić information content (AvgIpc) is 2.67. The van der Waals surface area contributed by atoms with Gasteiger partial charge in [0.05, 0.1) is 12.7 Å². The average molecular weight is 377 g/mol. The number of hydrogen-bond donors (Lipinski definition) is 5. The quantitative estimate of drug-likeness (QED) is 0.322. The van der Waals surface area contributed by atoms with E-state index >= 15 is 0 Å². The smallest absolute Gasteiger partial charge is 0.110 e. The van der Waals surface area contributed by atoms with Crippen molar-refractivity contribution in [2.45, 2.75) is 24.4 Å². The molecule has 0 aromatic heterocycles. The van der Waals surface area contributed by atoms with Crippen LogP contribution in [-0.2, 0) is 10.1 Å². The summed E-state index contributed by atoms with van der Waals surface area (Å²) >= 11 is 0. The third-order valence-electron chi connectivity index (χ3n) is 3.86. The van der Waals surface area contributed by atoms with Gasteiger partial charge in [-0.3, -0.25) is 0 Å². The summed E-state index contributed by atoms with van der Waals surface area (Å²) in [5, 5.41) is 52.6. The molecule has 2 aromatic carbocycles. The maximum atomic E-state index is 10.3. The predicted molar refractivity (Wildman–Crippen MR) is 107 cm³/mol. The number of rotatable bonds is 8. The predicted octanol–water partition coefficient (Wildman–Crippen LogP) is -0.258. The molecule has 0 amide bonds. The van der Waals surface area contributed by atoms with Crippen LogP contribution in [0.5, 0.6) is 0 Å². The lowest BCUT2D eigenvalue weighted by molar-refractivity contribution is -0.109. The summed E-state index contributed by atoms with van der Waals surface area (Å²) in [5.41, 5.74) is 1.97. The SMILES string of the molecule is OC[C@@H](O)[C@@H](O)[C@H](O)[C@@H](O)C[S-](=Cc1ccccc1)=Cc1ccccc1. The zero-order chi connectivity index (χ0) is 18.9. The molecule has 0 bridgehead atoms. The molecule has 0 aliphatic rings. The van der Waals surface area contributed by atoms with E-state index in [2.05, 4.69) is 0 Å². The molecule has 26 heavy (non-hydrogen) atoms. The first-order valence-corrected chi connectivity index (χ1v) is 9.84. The number of aliphatic hydroxyl groups is 5. The molecule has 0 radical (unpaired) electrons. The fourth-order valence-electron chi connectivity index (χ4n) is 2.40. The van der Waals surface area contributed by atoms with Crippen molar-refractivity contribution in [3.8, 4) is 0 Å². The summed E-state index contributed by atoms with van der Waals surface area (Å²) in [4.78, 5) is 0. The van der Waals surface area contributed by atoms with Crippen LogP contribution < -0.4 is 0 Å². The standard InChI is InChI=1S/C20H25O5S/c21-11-17(22)19(24)20(25)18(23)14-26(12-15-7-3-1-4-8-15)13-16-9-5-2-6-10-16/h1-10,12-13,17-25H,11,14H2/q-1/t17-,18+,19-,20-/m1/s1. The molecular weight excluding hydrogens is 352 g/mol. The molecule has 0 saturated heterocycles. The van der Waals surface area contributed by atoms with E-state index in [1.165, 1.54) is 0 Å². The van der Waals surface area contributed by atoms with Crippen molar-refractivity contribution in [3.05, 3.63) is 71.8 Å². The van der Waals surface area contributed by atoms with Gasteiger partial charge in [0, 0.05) is 0 Å². The Hall–Kier alpha value is -1.67. The molecule has 0 aliphatic heterocycles. The van der Waals surface area contributed by atoms with Crippen LogP contribution in [0.1, 0.15) is 11.1 Å². The van der Waals surface area contributed by atoms with Crippen molar-refractivity contribution in [3.63, 3.8) is 0 Å². The molecule has 6 heteroatoms. The van der Waals surface area contributed by atoms with Crippen LogP contribution in [0.2, 0.25) is 0 Å². The minimum Gasteiger partial charge on any atom is -0.467 e. The first-order valence-electron chi connectivity index (χ1n) is 8.32. The molecule has 5 N–H and O–H groups in total. The minimum absolute atomic E-state index is 0.181. The third-order valence-corrected chi connectivity index (χ3v) is 5.74. The van der Waals surface area contributed by atoms with E-state index < -0.39 is 41.1 Å². The summed E-state index contributed by atoms with van der Waals surface area (Å²) in [6.07, 6.45) is -5.93. The Bertz CT molecular complexity index is 694. The summed E-state index contributed by atoms with van der Waals surface area (Å²) < 4.78 is 0. The highest BCUT2D eigenvalue weighted by molar-refractivity contribution is 7.94. The molecule has 0 spiro atoms. The zero-order valence-corrected chi connectivity index (χ0v) is 15.1. The molecular formula is C20H25O5S-. The van der Waals surface area contributed by atoms with Gasteiger partial charge in [-0.25, -0.2) is 0 Å². The maximum Gasteiger partial charge on any atom is 0.110 e. The van der Waals surface area contributed by atoms with Gasteiger partial charge in [-0.1, -0.05) is 71.8 Å². The minimum atomic E-state index is -1.62. The summed E-state index contributed by atoms with van der Waals surface area (Å²) in [7, 11) is -0.524. The van der Waals surface area contributed by atoms with Crippen LogP contribution in [-0.4, -0.2) is 73.0 Å². The third kappa shape index (κ3) is 6.25. The first-order chi connectivity index (χ1) is 12.5. The van der Waals surface area contributed by atoms with E-state index in [0.717, 1.165) is 11.1 Å². The summed E-state index contributed by atoms with van der Waals surface area (Å²) in [5.74, 6) is 0.181. The molecule has 0 heterocycles. The number of benzene rings is 2. The van der Waals surface area contributed by atoms with Crippen LogP contribution >= 0.6 is 0 Å².